The predicted molar refractivity (Wildman–Crippen MR) is 318 cm³/mol. The van der Waals surface area contributed by atoms with Gasteiger partial charge < -0.3 is 40.0 Å². The van der Waals surface area contributed by atoms with Crippen molar-refractivity contribution in [1.82, 2.24) is 58.3 Å². The van der Waals surface area contributed by atoms with Crippen molar-refractivity contribution in [3.63, 3.8) is 0 Å². The molecule has 0 spiro atoms. The van der Waals surface area contributed by atoms with Crippen molar-refractivity contribution in [2.75, 3.05) is 48.6 Å². The summed E-state index contributed by atoms with van der Waals surface area (Å²) in [5.74, 6) is 4.28. The summed E-state index contributed by atoms with van der Waals surface area (Å²) in [6, 6.07) is 29.1. The lowest BCUT2D eigenvalue weighted by Gasteiger charge is -2.42. The lowest BCUT2D eigenvalue weighted by atomic mass is 9.80. The van der Waals surface area contributed by atoms with Gasteiger partial charge in [0.15, 0.2) is 11.6 Å². The standard InChI is InChI=1S/C25H21ClN8O2.C19H15BrClN7O.C12H18BNO3/c1-36-19-8-7-15(13-28-19)20-22(27)29-14-30-24(20)32-11-10-18(32)23-31-33-12-9-17(26)21(33)25(35)34(23)16-5-3-2-4-6-16;20-14-16(22)23-10-24-18(14)26-8-7-13(26)17-25-27-9-6-12(21)15(27)19(29)28(17)11-4-2-1-3-5-11;1-11(2)12(3,4)17-13(16-11)9-6-7-10(15-5)14-8-9/h2-9,12-14,18H,10-11H2,1H3,(H2,27,29,30);1-6,9-10,13H,7-8H2,(H2,22,23,24);6-8H,1-5H3/t18-;13-;/m00./s1. The van der Waals surface area contributed by atoms with E-state index in [1.165, 1.54) is 12.7 Å². The van der Waals surface area contributed by atoms with Crippen LogP contribution in [0.5, 0.6) is 11.8 Å². The molecular formula is C56H54BBrCl2N16O6. The fraction of sp³-hybridized carbons (Fsp3) is 0.250. The molecule has 4 N–H and O–H groups in total. The minimum absolute atomic E-state index is 0.154. The molecular weight excluding hydrogens is 1150 g/mol. The Bertz CT molecular complexity index is 4080. The third-order valence-electron chi connectivity index (χ3n) is 14.9. The first kappa shape index (κ1) is 55.5. The van der Waals surface area contributed by atoms with E-state index in [1.807, 2.05) is 100 Å². The van der Waals surface area contributed by atoms with Gasteiger partial charge in [-0.25, -0.2) is 38.9 Å². The van der Waals surface area contributed by atoms with Gasteiger partial charge in [-0.1, -0.05) is 65.7 Å². The number of benzene rings is 2. The summed E-state index contributed by atoms with van der Waals surface area (Å²) < 4.78 is 29.0. The third-order valence-corrected chi connectivity index (χ3v) is 16.3. The number of ether oxygens (including phenoxy) is 2. The van der Waals surface area contributed by atoms with Crippen molar-refractivity contribution in [1.29, 1.82) is 0 Å². The van der Waals surface area contributed by atoms with E-state index in [9.17, 15) is 9.59 Å². The Labute approximate surface area is 488 Å². The normalized spacial score (nSPS) is 16.9. The number of methoxy groups -OCH3 is 2. The molecule has 0 saturated carbocycles. The quantitative estimate of drug-likeness (QED) is 0.123. The maximum absolute atomic E-state index is 13.7. The van der Waals surface area contributed by atoms with Crippen molar-refractivity contribution < 1.29 is 18.8 Å². The number of aromatic nitrogens is 12. The number of hydrogen-bond acceptors (Lipinski definition) is 18. The summed E-state index contributed by atoms with van der Waals surface area (Å²) in [6.07, 6.45) is 11.2. The van der Waals surface area contributed by atoms with Crippen molar-refractivity contribution in [3.05, 3.63) is 181 Å². The highest BCUT2D eigenvalue weighted by Crippen LogP contribution is 2.44. The second-order valence-electron chi connectivity index (χ2n) is 20.2. The van der Waals surface area contributed by atoms with E-state index in [-0.39, 0.29) is 41.5 Å². The molecule has 82 heavy (non-hydrogen) atoms. The highest BCUT2D eigenvalue weighted by Gasteiger charge is 2.52. The fourth-order valence-electron chi connectivity index (χ4n) is 9.74. The van der Waals surface area contributed by atoms with Crippen LogP contribution in [0.1, 0.15) is 64.3 Å². The van der Waals surface area contributed by atoms with Crippen LogP contribution in [0.15, 0.2) is 149 Å². The van der Waals surface area contributed by atoms with Gasteiger partial charge >= 0.3 is 7.12 Å². The second kappa shape index (κ2) is 22.5. The molecule has 3 aliphatic heterocycles. The Morgan fingerprint density at radius 1 is 0.610 bits per heavy atom. The van der Waals surface area contributed by atoms with E-state index in [1.54, 1.807) is 81.4 Å². The minimum Gasteiger partial charge on any atom is -0.481 e. The van der Waals surface area contributed by atoms with Crippen LogP contribution in [0.2, 0.25) is 10.0 Å². The van der Waals surface area contributed by atoms with E-state index in [0.29, 0.717) is 90.0 Å². The molecule has 2 atom stereocenters. The molecule has 0 bridgehead atoms. The number of nitrogens with two attached hydrogens (primary N) is 2. The largest absolute Gasteiger partial charge is 0.496 e. The van der Waals surface area contributed by atoms with E-state index in [4.69, 9.17) is 63.6 Å². The maximum Gasteiger partial charge on any atom is 0.496 e. The van der Waals surface area contributed by atoms with E-state index in [0.717, 1.165) is 36.1 Å². The number of fused-ring (bicyclic) bond motifs is 2. The number of anilines is 4. The topological polar surface area (TPSA) is 251 Å². The zero-order chi connectivity index (χ0) is 57.6. The van der Waals surface area contributed by atoms with Gasteiger partial charge in [0.2, 0.25) is 11.8 Å². The average molecular weight is 1210 g/mol. The lowest BCUT2D eigenvalue weighted by Crippen LogP contribution is -2.45. The van der Waals surface area contributed by atoms with E-state index < -0.39 is 0 Å². The summed E-state index contributed by atoms with van der Waals surface area (Å²) >= 11 is 16.1. The fourth-order valence-corrected chi connectivity index (χ4v) is 10.6. The zero-order valence-electron chi connectivity index (χ0n) is 45.3. The molecule has 0 radical (unpaired) electrons. The van der Waals surface area contributed by atoms with E-state index in [2.05, 4.69) is 55.6 Å². The van der Waals surface area contributed by atoms with Crippen molar-refractivity contribution in [2.45, 2.75) is 63.8 Å². The van der Waals surface area contributed by atoms with Gasteiger partial charge in [-0.2, -0.15) is 10.2 Å². The molecule has 13 rings (SSSR count). The predicted octanol–water partition coefficient (Wildman–Crippen LogP) is 8.15. The van der Waals surface area contributed by atoms with Gasteiger partial charge in [0.05, 0.1) is 64.5 Å². The van der Waals surface area contributed by atoms with Crippen LogP contribution < -0.4 is 47.3 Å². The molecule has 0 unspecified atom stereocenters. The van der Waals surface area contributed by atoms with Gasteiger partial charge in [0.25, 0.3) is 11.1 Å². The molecule has 2 aromatic carbocycles. The van der Waals surface area contributed by atoms with Crippen molar-refractivity contribution in [2.24, 2.45) is 0 Å². The van der Waals surface area contributed by atoms with Crippen LogP contribution in [0, 0.1) is 0 Å². The number of halogens is 3. The van der Waals surface area contributed by atoms with Gasteiger partial charge in [0.1, 0.15) is 51.4 Å². The number of pyridine rings is 2. The summed E-state index contributed by atoms with van der Waals surface area (Å²) in [5.41, 5.74) is 15.6. The Hall–Kier alpha value is -8.42. The highest BCUT2D eigenvalue weighted by atomic mass is 79.9. The maximum atomic E-state index is 13.7. The van der Waals surface area contributed by atoms with Crippen LogP contribution in [0.3, 0.4) is 0 Å². The van der Waals surface area contributed by atoms with Crippen LogP contribution >= 0.6 is 39.1 Å². The number of nitrogen functional groups attached to an aromatic ring is 2. The molecule has 0 amide bonds. The SMILES string of the molecule is COc1ccc(-c2c(N)ncnc2N2CC[C@H]2c2nn3ccc(Cl)c3c(=O)n2-c2ccccc2)cn1.COc1ccc(B2OC(C)(C)C(C)(C)O2)cn1.Nc1ncnc(N2CC[C@H]2c2nn3ccc(Cl)c3c(=O)n2-c2ccccc2)c1Br. The van der Waals surface area contributed by atoms with Gasteiger partial charge in [0, 0.05) is 55.0 Å². The smallest absolute Gasteiger partial charge is 0.481 e. The molecule has 8 aromatic heterocycles. The number of hydrogen-bond donors (Lipinski definition) is 2. The summed E-state index contributed by atoms with van der Waals surface area (Å²) in [6.45, 7) is 9.59. The first-order valence-corrected chi connectivity index (χ1v) is 27.5. The third kappa shape index (κ3) is 10.2. The monoisotopic (exact) mass is 1210 g/mol. The lowest BCUT2D eigenvalue weighted by molar-refractivity contribution is 0.00578. The zero-order valence-corrected chi connectivity index (χ0v) is 48.4. The Morgan fingerprint density at radius 2 is 1.09 bits per heavy atom. The minimum atomic E-state index is -0.363. The number of nitrogens with zero attached hydrogens (tertiary/aromatic N) is 14. The molecule has 3 aliphatic rings. The number of rotatable bonds is 10. The van der Waals surface area contributed by atoms with E-state index >= 15 is 0 Å². The Balaban J connectivity index is 0.000000137. The van der Waals surface area contributed by atoms with Crippen molar-refractivity contribution >= 4 is 86.0 Å². The average Bonchev–Trinajstić information content (AvgIpc) is 4.30. The van der Waals surface area contributed by atoms with Gasteiger partial charge in [-0.3, -0.25) is 18.7 Å². The number of para-hydroxylation sites is 2. The molecule has 22 nitrogen and oxygen atoms in total. The molecule has 418 valence electrons. The van der Waals surface area contributed by atoms with Crippen LogP contribution in [0.4, 0.5) is 23.3 Å². The summed E-state index contributed by atoms with van der Waals surface area (Å²) in [4.78, 5) is 56.8. The molecule has 26 heteroatoms. The first-order valence-electron chi connectivity index (χ1n) is 25.9. The first-order chi connectivity index (χ1) is 39.5. The second-order valence-corrected chi connectivity index (χ2v) is 21.9. The highest BCUT2D eigenvalue weighted by molar-refractivity contribution is 9.10. The molecule has 11 heterocycles. The van der Waals surface area contributed by atoms with Gasteiger partial charge in [-0.15, -0.1) is 0 Å². The molecule has 3 saturated heterocycles. The van der Waals surface area contributed by atoms with Crippen LogP contribution in [0.25, 0.3) is 33.5 Å². The summed E-state index contributed by atoms with van der Waals surface area (Å²) in [5, 5.41) is 10.3. The Kier molecular flexibility index (Phi) is 15.2. The Morgan fingerprint density at radius 3 is 1.54 bits per heavy atom. The molecule has 0 aliphatic carbocycles. The van der Waals surface area contributed by atoms with Crippen molar-refractivity contribution in [3.8, 4) is 34.3 Å². The van der Waals surface area contributed by atoms with Crippen LogP contribution in [-0.4, -0.2) is 104 Å². The summed E-state index contributed by atoms with van der Waals surface area (Å²) in [7, 11) is 2.79. The molecule has 10 aromatic rings. The molecule has 3 fully saturated rings. The van der Waals surface area contributed by atoms with Crippen LogP contribution in [-0.2, 0) is 9.31 Å². The van der Waals surface area contributed by atoms with Gasteiger partial charge in [-0.05, 0) is 105 Å².